The van der Waals surface area contributed by atoms with E-state index in [2.05, 4.69) is 4.74 Å². The Labute approximate surface area is 113 Å². The maximum Gasteiger partial charge on any atom is 0.417 e. The highest BCUT2D eigenvalue weighted by atomic mass is 32.2. The van der Waals surface area contributed by atoms with Crippen LogP contribution in [0.1, 0.15) is 0 Å². The van der Waals surface area contributed by atoms with E-state index in [1.165, 1.54) is 10.4 Å². The van der Waals surface area contributed by atoms with Crippen molar-refractivity contribution < 1.29 is 22.7 Å². The van der Waals surface area contributed by atoms with Crippen molar-refractivity contribution >= 4 is 33.4 Å². The maximum atomic E-state index is 12.1. The topological polar surface area (TPSA) is 84.0 Å². The van der Waals surface area contributed by atoms with Gasteiger partial charge in [0.15, 0.2) is 6.61 Å². The first-order chi connectivity index (χ1) is 9.00. The lowest BCUT2D eigenvalue weighted by Gasteiger charge is -2.40. The number of hydrogen-bond acceptors (Lipinski definition) is 6. The number of nitrogens with zero attached hydrogens (tertiary/aromatic N) is 2. The van der Waals surface area contributed by atoms with Crippen LogP contribution in [0.3, 0.4) is 0 Å². The number of sulfonamides is 1. The summed E-state index contributed by atoms with van der Waals surface area (Å²) in [4.78, 5) is 23.7. The number of cyclic esters (lactones) is 1. The zero-order valence-electron chi connectivity index (χ0n) is 9.68. The third kappa shape index (κ3) is 1.94. The molecule has 19 heavy (non-hydrogen) atoms. The monoisotopic (exact) mass is 302 g/mol. The lowest BCUT2D eigenvalue weighted by atomic mass is 10.1. The summed E-state index contributed by atoms with van der Waals surface area (Å²) in [5.41, 5.74) is 0. The van der Waals surface area contributed by atoms with E-state index in [1.807, 2.05) is 0 Å². The molecular formula is C10H10N2O5S2. The first-order valence-electron chi connectivity index (χ1n) is 5.52. The van der Waals surface area contributed by atoms with Gasteiger partial charge in [-0.2, -0.15) is 4.31 Å². The van der Waals surface area contributed by atoms with Gasteiger partial charge in [-0.15, -0.1) is 11.3 Å². The molecule has 0 N–H and O–H groups in total. The third-order valence-electron chi connectivity index (χ3n) is 3.07. The number of rotatable bonds is 3. The van der Waals surface area contributed by atoms with Crippen LogP contribution in [0.15, 0.2) is 21.7 Å². The number of imide groups is 1. The normalized spacial score (nSPS) is 21.6. The third-order valence-corrected chi connectivity index (χ3v) is 6.27. The van der Waals surface area contributed by atoms with Crippen molar-refractivity contribution in [3.63, 3.8) is 0 Å². The number of hydrogen-bond donors (Lipinski definition) is 0. The molecule has 0 aromatic carbocycles. The van der Waals surface area contributed by atoms with E-state index in [0.717, 1.165) is 16.2 Å². The summed E-state index contributed by atoms with van der Waals surface area (Å²) in [5, 5.41) is 1.69. The molecule has 0 bridgehead atoms. The predicted octanol–water partition coefficient (Wildman–Crippen LogP) is 0.0998. The number of amides is 2. The minimum Gasteiger partial charge on any atom is -0.439 e. The van der Waals surface area contributed by atoms with E-state index in [-0.39, 0.29) is 23.9 Å². The molecule has 7 nitrogen and oxygen atoms in total. The van der Waals surface area contributed by atoms with Crippen molar-refractivity contribution in [3.8, 4) is 0 Å². The molecule has 1 aromatic heterocycles. The molecule has 0 saturated carbocycles. The van der Waals surface area contributed by atoms with E-state index >= 15 is 0 Å². The lowest BCUT2D eigenvalue weighted by Crippen LogP contribution is -2.61. The predicted molar refractivity (Wildman–Crippen MR) is 65.1 cm³/mol. The van der Waals surface area contributed by atoms with Gasteiger partial charge in [-0.05, 0) is 11.4 Å². The standard InChI is InChI=1S/C10H10N2O5S2/c13-8-6-17-10(14)12(8)7-4-11(5-7)19(15,16)9-2-1-3-18-9/h1-3,7H,4-6H2. The number of thiophene rings is 1. The van der Waals surface area contributed by atoms with Crippen LogP contribution in [-0.4, -0.2) is 55.4 Å². The smallest absolute Gasteiger partial charge is 0.417 e. The van der Waals surface area contributed by atoms with Crippen LogP contribution in [0.4, 0.5) is 4.79 Å². The number of carbonyl (C=O) groups excluding carboxylic acids is 2. The molecule has 0 unspecified atom stereocenters. The van der Waals surface area contributed by atoms with E-state index < -0.39 is 28.1 Å². The van der Waals surface area contributed by atoms with Crippen LogP contribution in [0.5, 0.6) is 0 Å². The van der Waals surface area contributed by atoms with Gasteiger partial charge in [0.25, 0.3) is 15.9 Å². The molecule has 0 radical (unpaired) electrons. The highest BCUT2D eigenvalue weighted by Crippen LogP contribution is 2.28. The molecule has 9 heteroatoms. The highest BCUT2D eigenvalue weighted by molar-refractivity contribution is 7.91. The van der Waals surface area contributed by atoms with Gasteiger partial charge in [-0.3, -0.25) is 4.79 Å². The Morgan fingerprint density at radius 2 is 2.05 bits per heavy atom. The zero-order chi connectivity index (χ0) is 13.6. The van der Waals surface area contributed by atoms with Gasteiger partial charge in [0.1, 0.15) is 4.21 Å². The Morgan fingerprint density at radius 3 is 2.58 bits per heavy atom. The Morgan fingerprint density at radius 1 is 1.32 bits per heavy atom. The quantitative estimate of drug-likeness (QED) is 0.790. The van der Waals surface area contributed by atoms with Crippen molar-refractivity contribution in [1.82, 2.24) is 9.21 Å². The van der Waals surface area contributed by atoms with Gasteiger partial charge in [-0.1, -0.05) is 6.07 Å². The van der Waals surface area contributed by atoms with Crippen molar-refractivity contribution in [1.29, 1.82) is 0 Å². The molecule has 2 saturated heterocycles. The number of ether oxygens (including phenoxy) is 1. The van der Waals surface area contributed by atoms with Crippen LogP contribution in [0.2, 0.25) is 0 Å². The second-order valence-corrected chi connectivity index (χ2v) is 7.34. The minimum absolute atomic E-state index is 0.126. The largest absolute Gasteiger partial charge is 0.439 e. The second kappa shape index (κ2) is 4.29. The molecule has 0 aliphatic carbocycles. The Hall–Kier alpha value is -1.45. The fourth-order valence-corrected chi connectivity index (χ4v) is 4.69. The zero-order valence-corrected chi connectivity index (χ0v) is 11.3. The average molecular weight is 302 g/mol. The first-order valence-corrected chi connectivity index (χ1v) is 7.84. The van der Waals surface area contributed by atoms with Crippen molar-refractivity contribution in [2.45, 2.75) is 10.3 Å². The molecule has 3 rings (SSSR count). The average Bonchev–Trinajstić information content (AvgIpc) is 2.91. The SMILES string of the molecule is O=C1COC(=O)N1C1CN(S(=O)(=O)c2cccs2)C1. The van der Waals surface area contributed by atoms with Crippen molar-refractivity contribution in [2.24, 2.45) is 0 Å². The van der Waals surface area contributed by atoms with E-state index in [9.17, 15) is 18.0 Å². The lowest BCUT2D eigenvalue weighted by molar-refractivity contribution is -0.128. The summed E-state index contributed by atoms with van der Waals surface area (Å²) in [7, 11) is -3.49. The second-order valence-electron chi connectivity index (χ2n) is 4.23. The summed E-state index contributed by atoms with van der Waals surface area (Å²) in [6.07, 6.45) is -0.692. The van der Waals surface area contributed by atoms with Crippen LogP contribution >= 0.6 is 11.3 Å². The molecule has 2 aliphatic rings. The summed E-state index contributed by atoms with van der Waals surface area (Å²) in [5.74, 6) is -0.414. The van der Waals surface area contributed by atoms with Gasteiger partial charge in [0.05, 0.1) is 6.04 Å². The van der Waals surface area contributed by atoms with Crippen molar-refractivity contribution in [3.05, 3.63) is 17.5 Å². The molecule has 3 heterocycles. The fourth-order valence-electron chi connectivity index (χ4n) is 2.03. The summed E-state index contributed by atoms with van der Waals surface area (Å²) in [6.45, 7) is -0.00481. The van der Waals surface area contributed by atoms with E-state index in [1.54, 1.807) is 11.4 Å². The molecule has 1 aromatic rings. The minimum atomic E-state index is -3.49. The first kappa shape index (κ1) is 12.6. The van der Waals surface area contributed by atoms with Crippen LogP contribution in [-0.2, 0) is 19.6 Å². The van der Waals surface area contributed by atoms with Gasteiger partial charge in [0, 0.05) is 13.1 Å². The fraction of sp³-hybridized carbons (Fsp3) is 0.400. The highest BCUT2D eigenvalue weighted by Gasteiger charge is 2.46. The van der Waals surface area contributed by atoms with Crippen molar-refractivity contribution in [2.75, 3.05) is 19.7 Å². The molecule has 0 spiro atoms. The van der Waals surface area contributed by atoms with Gasteiger partial charge >= 0.3 is 6.09 Å². The molecule has 2 fully saturated rings. The maximum absolute atomic E-state index is 12.1. The summed E-state index contributed by atoms with van der Waals surface area (Å²) in [6, 6.07) is 2.77. The molecule has 2 aliphatic heterocycles. The summed E-state index contributed by atoms with van der Waals surface area (Å²) >= 11 is 1.14. The molecule has 102 valence electrons. The van der Waals surface area contributed by atoms with Gasteiger partial charge < -0.3 is 4.74 Å². The number of carbonyl (C=O) groups is 2. The van der Waals surface area contributed by atoms with Crippen LogP contribution in [0.25, 0.3) is 0 Å². The Bertz CT molecular complexity index is 602. The van der Waals surface area contributed by atoms with Crippen LogP contribution < -0.4 is 0 Å². The Kier molecular flexibility index (Phi) is 2.84. The van der Waals surface area contributed by atoms with E-state index in [4.69, 9.17) is 0 Å². The van der Waals surface area contributed by atoms with Gasteiger partial charge in [0.2, 0.25) is 0 Å². The van der Waals surface area contributed by atoms with E-state index in [0.29, 0.717) is 0 Å². The Balaban J connectivity index is 1.71. The molecular weight excluding hydrogens is 292 g/mol. The van der Waals surface area contributed by atoms with Crippen LogP contribution in [0, 0.1) is 0 Å². The summed E-state index contributed by atoms with van der Waals surface area (Å²) < 4.78 is 30.3. The molecule has 0 atom stereocenters. The van der Waals surface area contributed by atoms with Gasteiger partial charge in [-0.25, -0.2) is 18.1 Å². The molecule has 2 amide bonds.